The summed E-state index contributed by atoms with van der Waals surface area (Å²) in [7, 11) is 0. The predicted octanol–water partition coefficient (Wildman–Crippen LogP) is 22.5. The summed E-state index contributed by atoms with van der Waals surface area (Å²) < 4.78 is 7.42. The summed E-state index contributed by atoms with van der Waals surface area (Å²) in [6, 6.07) is 95.9. The Morgan fingerprint density at radius 2 is 0.933 bits per heavy atom. The van der Waals surface area contributed by atoms with Gasteiger partial charge in [0.25, 0.3) is 0 Å². The van der Waals surface area contributed by atoms with Crippen molar-refractivity contribution >= 4 is 93.9 Å². The first kappa shape index (κ1) is 52.3. The molecule has 422 valence electrons. The molecule has 12 aromatic carbocycles. The predicted molar refractivity (Wildman–Crippen MR) is 378 cm³/mol. The number of benzene rings is 12. The first-order valence-electron chi connectivity index (χ1n) is 31.1. The van der Waals surface area contributed by atoms with Crippen LogP contribution in [0.15, 0.2) is 279 Å². The number of allylic oxidation sites excluding steroid dienone is 3. The highest BCUT2D eigenvalue weighted by atomic mass is 15.0. The molecule has 2 aliphatic rings. The van der Waals surface area contributed by atoms with E-state index in [9.17, 15) is 0 Å². The molecule has 0 N–H and O–H groups in total. The molecule has 0 bridgehead atoms. The van der Waals surface area contributed by atoms with Gasteiger partial charge in [-0.1, -0.05) is 220 Å². The first-order chi connectivity index (χ1) is 43.8. The van der Waals surface area contributed by atoms with Crippen LogP contribution in [0.1, 0.15) is 70.8 Å². The Morgan fingerprint density at radius 1 is 0.416 bits per heavy atom. The third kappa shape index (κ3) is 7.96. The van der Waals surface area contributed by atoms with Crippen LogP contribution < -0.4 is 0 Å². The van der Waals surface area contributed by atoms with Crippen LogP contribution in [-0.2, 0) is 0 Å². The summed E-state index contributed by atoms with van der Waals surface area (Å²) in [6.07, 6.45) is 5.70. The highest BCUT2D eigenvalue weighted by Crippen LogP contribution is 2.52. The van der Waals surface area contributed by atoms with Crippen molar-refractivity contribution in [2.75, 3.05) is 0 Å². The normalized spacial score (nSPS) is 13.9. The van der Waals surface area contributed by atoms with Crippen molar-refractivity contribution in [3.63, 3.8) is 0 Å². The molecule has 0 amide bonds. The second-order valence-corrected chi connectivity index (χ2v) is 24.3. The molecule has 0 spiro atoms. The van der Waals surface area contributed by atoms with E-state index in [4.69, 9.17) is 11.6 Å². The van der Waals surface area contributed by atoms with Crippen LogP contribution in [0.25, 0.3) is 139 Å². The lowest BCUT2D eigenvalue weighted by molar-refractivity contribution is 0.773. The molecule has 0 fully saturated rings. The zero-order valence-corrected chi connectivity index (χ0v) is 50.3. The summed E-state index contributed by atoms with van der Waals surface area (Å²) in [4.78, 5) is 5.80. The molecule has 0 saturated carbocycles. The lowest BCUT2D eigenvalue weighted by Crippen LogP contribution is -2.02. The maximum Gasteiger partial charge on any atom is 0.0796 e. The molecule has 3 aromatic heterocycles. The van der Waals surface area contributed by atoms with Gasteiger partial charge in [0.2, 0.25) is 0 Å². The van der Waals surface area contributed by atoms with Gasteiger partial charge in [-0.25, -0.2) is 0 Å². The Kier molecular flexibility index (Phi) is 12.1. The van der Waals surface area contributed by atoms with Crippen LogP contribution >= 0.6 is 0 Å². The van der Waals surface area contributed by atoms with E-state index in [0.29, 0.717) is 5.92 Å². The van der Waals surface area contributed by atoms with Crippen LogP contribution in [0.5, 0.6) is 0 Å². The van der Waals surface area contributed by atoms with E-state index in [1.165, 1.54) is 110 Å². The monoisotopic (exact) mass is 1140 g/mol. The minimum Gasteiger partial charge on any atom is -0.310 e. The van der Waals surface area contributed by atoms with Crippen LogP contribution in [-0.4, -0.2) is 19.4 Å². The molecule has 17 rings (SSSR count). The van der Waals surface area contributed by atoms with Crippen molar-refractivity contribution in [1.82, 2.24) is 13.7 Å². The fourth-order valence-corrected chi connectivity index (χ4v) is 15.3. The van der Waals surface area contributed by atoms with E-state index in [1.54, 1.807) is 0 Å². The van der Waals surface area contributed by atoms with Crippen LogP contribution in [0, 0.1) is 13.8 Å². The Bertz CT molecular complexity index is 5580. The molecule has 0 aliphatic heterocycles. The lowest BCUT2D eigenvalue weighted by atomic mass is 9.87. The second-order valence-electron chi connectivity index (χ2n) is 24.3. The molecule has 3 heterocycles. The number of aryl methyl sites for hydroxylation is 2. The van der Waals surface area contributed by atoms with E-state index in [1.807, 2.05) is 0 Å². The number of hydrogen-bond acceptors (Lipinski definition) is 1. The molecule has 0 saturated heterocycles. The highest BCUT2D eigenvalue weighted by Gasteiger charge is 2.31. The van der Waals surface area contributed by atoms with Crippen molar-refractivity contribution in [2.24, 2.45) is 4.99 Å². The van der Waals surface area contributed by atoms with Crippen molar-refractivity contribution in [3.05, 3.63) is 318 Å². The number of aromatic nitrogens is 3. The fraction of sp³-hybridized carbons (Fsp3) is 0.0706. The average molecular weight is 1140 g/mol. The molecule has 15 aromatic rings. The SMILES string of the molecule is C=C(C1=C(N=C(C)c2cccc(-n3c4ccccc4c4c(-c5cccc(C)c5-c5ccccc5C)cccc43)c2)c2cccc3c(-n4c5ccccc5c5c(-c6cccc7c6c6c(n7-c7ccccc7)C=CCC6C)cccc54)ccc1c23)c1ccccc1. The third-order valence-electron chi connectivity index (χ3n) is 19.3. The molecule has 4 nitrogen and oxygen atoms in total. The summed E-state index contributed by atoms with van der Waals surface area (Å²) in [5.74, 6) is 0.363. The van der Waals surface area contributed by atoms with Gasteiger partial charge in [-0.05, 0) is 172 Å². The minimum absolute atomic E-state index is 0.363. The van der Waals surface area contributed by atoms with Crippen molar-refractivity contribution < 1.29 is 0 Å². The van der Waals surface area contributed by atoms with Crippen molar-refractivity contribution in [3.8, 4) is 50.4 Å². The van der Waals surface area contributed by atoms with Gasteiger partial charge in [0, 0.05) is 65.9 Å². The Hall–Kier alpha value is -11.1. The minimum atomic E-state index is 0.363. The van der Waals surface area contributed by atoms with Gasteiger partial charge in [-0.15, -0.1) is 0 Å². The molecule has 4 heteroatoms. The summed E-state index contributed by atoms with van der Waals surface area (Å²) in [5.41, 5.74) is 30.2. The quantitative estimate of drug-likeness (QED) is 0.122. The highest BCUT2D eigenvalue weighted by molar-refractivity contribution is 6.28. The molecular formula is C85H62N4. The average Bonchev–Trinajstić information content (AvgIpc) is 1.67. The van der Waals surface area contributed by atoms with Gasteiger partial charge in [-0.3, -0.25) is 4.99 Å². The fourth-order valence-electron chi connectivity index (χ4n) is 15.3. The van der Waals surface area contributed by atoms with E-state index < -0.39 is 0 Å². The number of fused-ring (bicyclic) bond motifs is 9. The molecule has 0 radical (unpaired) electrons. The largest absolute Gasteiger partial charge is 0.310 e. The van der Waals surface area contributed by atoms with Gasteiger partial charge in [0.1, 0.15) is 0 Å². The smallest absolute Gasteiger partial charge is 0.0796 e. The van der Waals surface area contributed by atoms with E-state index in [2.05, 4.69) is 314 Å². The zero-order chi connectivity index (χ0) is 59.6. The second kappa shape index (κ2) is 20.5. The number of aliphatic imine (C=N–C) groups is 1. The first-order valence-corrected chi connectivity index (χ1v) is 31.1. The van der Waals surface area contributed by atoms with E-state index in [-0.39, 0.29) is 0 Å². The third-order valence-corrected chi connectivity index (χ3v) is 19.3. The van der Waals surface area contributed by atoms with Gasteiger partial charge >= 0.3 is 0 Å². The zero-order valence-electron chi connectivity index (χ0n) is 50.3. The molecule has 2 aliphatic carbocycles. The van der Waals surface area contributed by atoms with Crippen molar-refractivity contribution in [1.29, 1.82) is 0 Å². The summed E-state index contributed by atoms with van der Waals surface area (Å²) >= 11 is 0. The Labute approximate surface area is 518 Å². The molecule has 1 atom stereocenters. The van der Waals surface area contributed by atoms with Crippen LogP contribution in [0.3, 0.4) is 0 Å². The number of hydrogen-bond donors (Lipinski definition) is 0. The molecular weight excluding hydrogens is 1080 g/mol. The van der Waals surface area contributed by atoms with Gasteiger partial charge in [0.15, 0.2) is 0 Å². The van der Waals surface area contributed by atoms with Gasteiger partial charge in [0.05, 0.1) is 44.7 Å². The van der Waals surface area contributed by atoms with Gasteiger partial charge in [-0.2, -0.15) is 0 Å². The summed E-state index contributed by atoms with van der Waals surface area (Å²) in [5, 5.41) is 8.61. The van der Waals surface area contributed by atoms with E-state index >= 15 is 0 Å². The van der Waals surface area contributed by atoms with Gasteiger partial charge < -0.3 is 13.7 Å². The Balaban J connectivity index is 0.823. The topological polar surface area (TPSA) is 27.1 Å². The van der Waals surface area contributed by atoms with Crippen LogP contribution in [0.4, 0.5) is 0 Å². The number of rotatable bonds is 10. The van der Waals surface area contributed by atoms with E-state index in [0.717, 1.165) is 79.0 Å². The number of nitrogens with zero attached hydrogens (tertiary/aromatic N) is 4. The maximum absolute atomic E-state index is 5.80. The number of para-hydroxylation sites is 3. The standard InChI is InChI=1S/C85H62N4/c1-52-25-12-13-34-61(52)78-53(2)26-18-37-62(78)63-38-22-46-75-82(63)67-35-14-16-43-71(67)88(75)60-33-20-30-58(51-60)56(5)86-85-70-42-21-41-66-73(50-49-69(81(66)70)80(85)55(4)57-28-8-6-9-29-57)89-72-44-17-15-36-68(72)83-64(39-23-47-76(83)89)65-40-24-48-77-84(65)79-54(3)27-19-45-74(79)87(77)59-31-10-7-11-32-59/h6-26,28-51,54H,4,27H2,1-3,5H3. The molecule has 89 heavy (non-hydrogen) atoms. The Morgan fingerprint density at radius 3 is 1.67 bits per heavy atom. The van der Waals surface area contributed by atoms with Crippen molar-refractivity contribution in [2.45, 2.75) is 40.0 Å². The maximum atomic E-state index is 5.80. The summed E-state index contributed by atoms with van der Waals surface area (Å²) in [6.45, 7) is 13.9. The molecule has 1 unspecified atom stereocenters. The lowest BCUT2D eigenvalue weighted by Gasteiger charge is -2.17. The van der Waals surface area contributed by atoms with Crippen LogP contribution in [0.2, 0.25) is 0 Å².